The summed E-state index contributed by atoms with van der Waals surface area (Å²) in [7, 11) is 3.10. The van der Waals surface area contributed by atoms with E-state index in [9.17, 15) is 4.79 Å². The van der Waals surface area contributed by atoms with Crippen molar-refractivity contribution in [1.82, 2.24) is 5.32 Å². The Hall–Kier alpha value is -0.650. The van der Waals surface area contributed by atoms with Crippen LogP contribution in [-0.4, -0.2) is 45.7 Å². The number of ether oxygens (including phenoxy) is 3. The van der Waals surface area contributed by atoms with E-state index in [1.807, 2.05) is 6.92 Å². The summed E-state index contributed by atoms with van der Waals surface area (Å²) in [5.74, 6) is -0.273. The lowest BCUT2D eigenvalue weighted by molar-refractivity contribution is -0.144. The molecule has 84 valence electrons. The van der Waals surface area contributed by atoms with Gasteiger partial charge >= 0.3 is 5.97 Å². The van der Waals surface area contributed by atoms with Crippen LogP contribution in [0, 0.1) is 0 Å². The predicted octanol–water partition coefficient (Wildman–Crippen LogP) is 0.147. The van der Waals surface area contributed by atoms with Gasteiger partial charge in [-0.05, 0) is 13.8 Å². The molecule has 1 N–H and O–H groups in total. The Morgan fingerprint density at radius 2 is 1.93 bits per heavy atom. The van der Waals surface area contributed by atoms with Crippen molar-refractivity contribution in [3.05, 3.63) is 0 Å². The van der Waals surface area contributed by atoms with Gasteiger partial charge in [-0.25, -0.2) is 0 Å². The summed E-state index contributed by atoms with van der Waals surface area (Å²) in [5, 5.41) is 2.94. The highest BCUT2D eigenvalue weighted by atomic mass is 16.7. The number of hydrogen-bond acceptors (Lipinski definition) is 5. The molecule has 0 radical (unpaired) electrons. The van der Waals surface area contributed by atoms with E-state index in [1.54, 1.807) is 21.1 Å². The smallest absolute Gasteiger partial charge is 0.319 e. The maximum Gasteiger partial charge on any atom is 0.319 e. The Morgan fingerprint density at radius 1 is 1.36 bits per heavy atom. The van der Waals surface area contributed by atoms with Crippen molar-refractivity contribution >= 4 is 5.97 Å². The van der Waals surface area contributed by atoms with Gasteiger partial charge in [0.1, 0.15) is 0 Å². The minimum atomic E-state index is -0.357. The van der Waals surface area contributed by atoms with Crippen LogP contribution >= 0.6 is 0 Å². The second kappa shape index (κ2) is 7.73. The molecule has 0 bridgehead atoms. The summed E-state index contributed by atoms with van der Waals surface area (Å²) in [5.41, 5.74) is 0. The molecule has 0 fully saturated rings. The molecule has 0 aliphatic carbocycles. The first-order valence-electron chi connectivity index (χ1n) is 4.60. The third-order valence-corrected chi connectivity index (χ3v) is 1.75. The monoisotopic (exact) mass is 205 g/mol. The first-order valence-corrected chi connectivity index (χ1v) is 4.60. The minimum absolute atomic E-state index is 0.0607. The summed E-state index contributed by atoms with van der Waals surface area (Å²) in [6.07, 6.45) is -0.357. The normalized spacial score (nSPS) is 12.9. The Labute approximate surface area is 84.7 Å². The third kappa shape index (κ3) is 5.16. The molecule has 0 aromatic carbocycles. The molecular weight excluding hydrogens is 186 g/mol. The second-order valence-electron chi connectivity index (χ2n) is 2.81. The van der Waals surface area contributed by atoms with Crippen LogP contribution in [0.4, 0.5) is 0 Å². The summed E-state index contributed by atoms with van der Waals surface area (Å²) in [6, 6.07) is -0.0607. The van der Waals surface area contributed by atoms with Crippen molar-refractivity contribution in [3.63, 3.8) is 0 Å². The summed E-state index contributed by atoms with van der Waals surface area (Å²) < 4.78 is 14.8. The molecule has 0 spiro atoms. The zero-order valence-corrected chi connectivity index (χ0v) is 9.20. The van der Waals surface area contributed by atoms with Crippen LogP contribution in [-0.2, 0) is 19.0 Å². The van der Waals surface area contributed by atoms with Crippen molar-refractivity contribution in [1.29, 1.82) is 0 Å². The molecule has 5 nitrogen and oxygen atoms in total. The van der Waals surface area contributed by atoms with Gasteiger partial charge in [-0.3, -0.25) is 10.1 Å². The average Bonchev–Trinajstić information content (AvgIpc) is 2.17. The number of esters is 1. The SMILES string of the molecule is CCOC(=O)CN[C@@H](C)C(OC)OC. The molecule has 5 heteroatoms. The van der Waals surface area contributed by atoms with Crippen molar-refractivity contribution in [3.8, 4) is 0 Å². The van der Waals surface area contributed by atoms with Crippen LogP contribution in [0.1, 0.15) is 13.8 Å². The van der Waals surface area contributed by atoms with Crippen molar-refractivity contribution in [2.24, 2.45) is 0 Å². The Bertz CT molecular complexity index is 159. The molecule has 0 heterocycles. The number of methoxy groups -OCH3 is 2. The zero-order chi connectivity index (χ0) is 11.0. The van der Waals surface area contributed by atoms with Gasteiger partial charge in [-0.1, -0.05) is 0 Å². The molecule has 0 unspecified atom stereocenters. The number of hydrogen-bond donors (Lipinski definition) is 1. The maximum absolute atomic E-state index is 11.0. The fourth-order valence-electron chi connectivity index (χ4n) is 1.06. The maximum atomic E-state index is 11.0. The van der Waals surface area contributed by atoms with Gasteiger partial charge in [0, 0.05) is 14.2 Å². The topological polar surface area (TPSA) is 56.8 Å². The quantitative estimate of drug-likeness (QED) is 0.473. The van der Waals surface area contributed by atoms with E-state index < -0.39 is 0 Å². The molecule has 0 aliphatic heterocycles. The van der Waals surface area contributed by atoms with Gasteiger partial charge < -0.3 is 14.2 Å². The molecule has 0 aliphatic rings. The first-order chi connectivity index (χ1) is 6.65. The van der Waals surface area contributed by atoms with E-state index in [0.29, 0.717) is 6.61 Å². The van der Waals surface area contributed by atoms with Crippen molar-refractivity contribution in [2.75, 3.05) is 27.4 Å². The van der Waals surface area contributed by atoms with E-state index in [-0.39, 0.29) is 24.8 Å². The zero-order valence-electron chi connectivity index (χ0n) is 9.20. The molecule has 0 rings (SSSR count). The van der Waals surface area contributed by atoms with Crippen molar-refractivity contribution < 1.29 is 19.0 Å². The summed E-state index contributed by atoms with van der Waals surface area (Å²) >= 11 is 0. The first kappa shape index (κ1) is 13.4. The minimum Gasteiger partial charge on any atom is -0.465 e. The van der Waals surface area contributed by atoms with Crippen LogP contribution in [0.25, 0.3) is 0 Å². The van der Waals surface area contributed by atoms with E-state index >= 15 is 0 Å². The average molecular weight is 205 g/mol. The Kier molecular flexibility index (Phi) is 7.37. The standard InChI is InChI=1S/C9H19NO4/c1-5-14-8(11)6-10-7(2)9(12-3)13-4/h7,9-10H,5-6H2,1-4H3/t7-/m0/s1. The predicted molar refractivity (Wildman–Crippen MR) is 51.9 cm³/mol. The molecule has 0 aromatic rings. The van der Waals surface area contributed by atoms with E-state index in [4.69, 9.17) is 14.2 Å². The van der Waals surface area contributed by atoms with Gasteiger partial charge in [0.05, 0.1) is 19.2 Å². The Balaban J connectivity index is 3.71. The fourth-order valence-corrected chi connectivity index (χ4v) is 1.06. The van der Waals surface area contributed by atoms with E-state index in [2.05, 4.69) is 5.32 Å². The number of rotatable bonds is 7. The van der Waals surface area contributed by atoms with Gasteiger partial charge in [0.2, 0.25) is 0 Å². The third-order valence-electron chi connectivity index (χ3n) is 1.75. The highest BCUT2D eigenvalue weighted by molar-refractivity contribution is 5.71. The lowest BCUT2D eigenvalue weighted by atomic mass is 10.3. The van der Waals surface area contributed by atoms with Gasteiger partial charge in [0.25, 0.3) is 0 Å². The molecule has 0 amide bonds. The summed E-state index contributed by atoms with van der Waals surface area (Å²) in [4.78, 5) is 11.0. The number of carbonyl (C=O) groups is 1. The van der Waals surface area contributed by atoms with Crippen LogP contribution in [0.3, 0.4) is 0 Å². The molecule has 1 atom stereocenters. The fraction of sp³-hybridized carbons (Fsp3) is 0.889. The van der Waals surface area contributed by atoms with Gasteiger partial charge in [-0.15, -0.1) is 0 Å². The number of nitrogens with one attached hydrogen (secondary N) is 1. The van der Waals surface area contributed by atoms with Gasteiger partial charge in [0.15, 0.2) is 6.29 Å². The lowest BCUT2D eigenvalue weighted by Gasteiger charge is -2.21. The molecule has 0 saturated heterocycles. The molecule has 0 saturated carbocycles. The molecule has 0 aromatic heterocycles. The van der Waals surface area contributed by atoms with Crippen LogP contribution in [0.5, 0.6) is 0 Å². The highest BCUT2D eigenvalue weighted by Gasteiger charge is 2.16. The van der Waals surface area contributed by atoms with Gasteiger partial charge in [-0.2, -0.15) is 0 Å². The van der Waals surface area contributed by atoms with E-state index in [1.165, 1.54) is 0 Å². The van der Waals surface area contributed by atoms with Crippen LogP contribution in [0.15, 0.2) is 0 Å². The van der Waals surface area contributed by atoms with E-state index in [0.717, 1.165) is 0 Å². The second-order valence-corrected chi connectivity index (χ2v) is 2.81. The molecular formula is C9H19NO4. The van der Waals surface area contributed by atoms with Crippen LogP contribution < -0.4 is 5.32 Å². The lowest BCUT2D eigenvalue weighted by Crippen LogP contribution is -2.42. The summed E-state index contributed by atoms with van der Waals surface area (Å²) in [6.45, 7) is 4.20. The van der Waals surface area contributed by atoms with Crippen LogP contribution in [0.2, 0.25) is 0 Å². The highest BCUT2D eigenvalue weighted by Crippen LogP contribution is 1.97. The number of carbonyl (C=O) groups excluding carboxylic acids is 1. The van der Waals surface area contributed by atoms with Crippen molar-refractivity contribution in [2.45, 2.75) is 26.2 Å². The Morgan fingerprint density at radius 3 is 2.36 bits per heavy atom. The molecule has 14 heavy (non-hydrogen) atoms. The largest absolute Gasteiger partial charge is 0.465 e.